The number of ether oxygens (including phenoxy) is 2. The van der Waals surface area contributed by atoms with Crippen molar-refractivity contribution in [2.75, 3.05) is 13.2 Å². The molecule has 3 rings (SSSR count). The molecule has 0 amide bonds. The fraction of sp³-hybridized carbons (Fsp3) is 0.160. The molecule has 3 aromatic rings. The Bertz CT molecular complexity index is 1210. The number of nitriles is 1. The minimum absolute atomic E-state index is 0.111. The molecule has 0 bridgehead atoms. The molecule has 0 saturated carbocycles. The molecule has 0 spiro atoms. The number of hydrogen-bond acceptors (Lipinski definition) is 5. The van der Waals surface area contributed by atoms with E-state index < -0.39 is 11.9 Å². The first-order valence-corrected chi connectivity index (χ1v) is 9.68. The SMILES string of the molecule is C=C(C)C(=O)OCCOC(=O)/C(C#N)=C/c1c(-c2ccccc2)n(C)c2ccccc12. The van der Waals surface area contributed by atoms with Crippen LogP contribution < -0.4 is 0 Å². The van der Waals surface area contributed by atoms with Crippen LogP contribution in [0.15, 0.2) is 72.3 Å². The van der Waals surface area contributed by atoms with Crippen LogP contribution in [0.5, 0.6) is 0 Å². The van der Waals surface area contributed by atoms with Crippen molar-refractivity contribution in [1.29, 1.82) is 5.26 Å². The van der Waals surface area contributed by atoms with Crippen LogP contribution in [0.2, 0.25) is 0 Å². The van der Waals surface area contributed by atoms with Crippen LogP contribution in [0.3, 0.4) is 0 Å². The van der Waals surface area contributed by atoms with Gasteiger partial charge in [0.15, 0.2) is 0 Å². The van der Waals surface area contributed by atoms with Crippen molar-refractivity contribution in [1.82, 2.24) is 4.57 Å². The zero-order valence-electron chi connectivity index (χ0n) is 17.4. The summed E-state index contributed by atoms with van der Waals surface area (Å²) in [6.45, 7) is 4.74. The lowest BCUT2D eigenvalue weighted by atomic mass is 10.0. The number of carbonyl (C=O) groups excluding carboxylic acids is 2. The van der Waals surface area contributed by atoms with Gasteiger partial charge in [0.25, 0.3) is 0 Å². The Morgan fingerprint density at radius 1 is 1.03 bits per heavy atom. The topological polar surface area (TPSA) is 81.3 Å². The lowest BCUT2D eigenvalue weighted by Gasteiger charge is -2.07. The normalized spacial score (nSPS) is 11.1. The molecule has 6 nitrogen and oxygen atoms in total. The summed E-state index contributed by atoms with van der Waals surface area (Å²) in [5.41, 5.74) is 3.70. The molecule has 1 heterocycles. The van der Waals surface area contributed by atoms with Gasteiger partial charge in [-0.25, -0.2) is 9.59 Å². The summed E-state index contributed by atoms with van der Waals surface area (Å²) < 4.78 is 12.1. The molecule has 0 radical (unpaired) electrons. The van der Waals surface area contributed by atoms with Gasteiger partial charge in [0.1, 0.15) is 24.9 Å². The van der Waals surface area contributed by atoms with Gasteiger partial charge in [-0.05, 0) is 24.6 Å². The van der Waals surface area contributed by atoms with E-state index in [0.717, 1.165) is 27.7 Å². The van der Waals surface area contributed by atoms with Crippen molar-refractivity contribution in [3.8, 4) is 17.3 Å². The monoisotopic (exact) mass is 414 g/mol. The van der Waals surface area contributed by atoms with Crippen LogP contribution in [-0.4, -0.2) is 29.7 Å². The van der Waals surface area contributed by atoms with Crippen LogP contribution in [0.25, 0.3) is 28.2 Å². The molecule has 0 atom stereocenters. The van der Waals surface area contributed by atoms with Gasteiger partial charge in [-0.15, -0.1) is 0 Å². The third kappa shape index (κ3) is 4.73. The smallest absolute Gasteiger partial charge is 0.349 e. The molecule has 1 aromatic heterocycles. The molecule has 0 fully saturated rings. The summed E-state index contributed by atoms with van der Waals surface area (Å²) in [6, 6.07) is 19.5. The Kier molecular flexibility index (Phi) is 6.68. The van der Waals surface area contributed by atoms with Gasteiger partial charge in [0.2, 0.25) is 0 Å². The van der Waals surface area contributed by atoms with E-state index in [0.29, 0.717) is 0 Å². The van der Waals surface area contributed by atoms with Crippen LogP contribution in [0, 0.1) is 11.3 Å². The minimum atomic E-state index is -0.777. The van der Waals surface area contributed by atoms with Crippen molar-refractivity contribution < 1.29 is 19.1 Å². The van der Waals surface area contributed by atoms with E-state index in [4.69, 9.17) is 9.47 Å². The van der Waals surface area contributed by atoms with Gasteiger partial charge in [0.05, 0.1) is 5.69 Å². The highest BCUT2D eigenvalue weighted by Gasteiger charge is 2.18. The molecule has 0 N–H and O–H groups in total. The van der Waals surface area contributed by atoms with E-state index in [1.165, 1.54) is 6.92 Å². The number of fused-ring (bicyclic) bond motifs is 1. The van der Waals surface area contributed by atoms with Crippen molar-refractivity contribution >= 4 is 28.9 Å². The summed E-state index contributed by atoms with van der Waals surface area (Å²) in [6.07, 6.45) is 1.55. The molecule has 6 heteroatoms. The van der Waals surface area contributed by atoms with Crippen LogP contribution in [-0.2, 0) is 26.1 Å². The first-order chi connectivity index (χ1) is 14.9. The summed E-state index contributed by atoms with van der Waals surface area (Å²) in [5, 5.41) is 10.5. The summed E-state index contributed by atoms with van der Waals surface area (Å²) >= 11 is 0. The van der Waals surface area contributed by atoms with Crippen molar-refractivity contribution in [3.05, 3.63) is 77.9 Å². The Balaban J connectivity index is 1.93. The van der Waals surface area contributed by atoms with Gasteiger partial charge in [-0.1, -0.05) is 55.1 Å². The fourth-order valence-corrected chi connectivity index (χ4v) is 3.26. The average Bonchev–Trinajstić information content (AvgIpc) is 3.06. The average molecular weight is 414 g/mol. The van der Waals surface area contributed by atoms with Gasteiger partial charge in [0, 0.05) is 29.1 Å². The van der Waals surface area contributed by atoms with Crippen molar-refractivity contribution in [2.24, 2.45) is 7.05 Å². The molecule has 2 aromatic carbocycles. The third-order valence-corrected chi connectivity index (χ3v) is 4.72. The standard InChI is InChI=1S/C25H22N2O4/c1-17(2)24(28)30-13-14-31-25(29)19(16-26)15-21-20-11-7-8-12-22(20)27(3)23(21)18-9-5-4-6-10-18/h4-12,15H,1,13-14H2,2-3H3/b19-15+. The number of nitrogens with zero attached hydrogens (tertiary/aromatic N) is 2. The minimum Gasteiger partial charge on any atom is -0.459 e. The number of aryl methyl sites for hydroxylation is 1. The number of benzene rings is 2. The van der Waals surface area contributed by atoms with E-state index in [1.807, 2.05) is 72.3 Å². The first kappa shape index (κ1) is 21.6. The maximum absolute atomic E-state index is 12.5. The van der Waals surface area contributed by atoms with Gasteiger partial charge in [-0.2, -0.15) is 5.26 Å². The largest absolute Gasteiger partial charge is 0.459 e. The highest BCUT2D eigenvalue weighted by molar-refractivity contribution is 6.04. The second-order valence-electron chi connectivity index (χ2n) is 6.93. The maximum Gasteiger partial charge on any atom is 0.349 e. The molecule has 31 heavy (non-hydrogen) atoms. The molecule has 0 aliphatic carbocycles. The highest BCUT2D eigenvalue weighted by Crippen LogP contribution is 2.34. The van der Waals surface area contributed by atoms with Gasteiger partial charge >= 0.3 is 11.9 Å². The van der Waals surface area contributed by atoms with E-state index in [1.54, 1.807) is 6.08 Å². The van der Waals surface area contributed by atoms with E-state index >= 15 is 0 Å². The molecule has 0 saturated heterocycles. The Hall–Kier alpha value is -4.11. The number of aromatic nitrogens is 1. The lowest BCUT2D eigenvalue weighted by Crippen LogP contribution is -2.15. The zero-order valence-corrected chi connectivity index (χ0v) is 17.4. The zero-order chi connectivity index (χ0) is 22.4. The molecule has 0 aliphatic heterocycles. The number of esters is 2. The second kappa shape index (κ2) is 9.59. The summed E-state index contributed by atoms with van der Waals surface area (Å²) in [4.78, 5) is 23.9. The van der Waals surface area contributed by atoms with Crippen molar-refractivity contribution in [3.63, 3.8) is 0 Å². The Labute approximate surface area is 180 Å². The predicted molar refractivity (Wildman–Crippen MR) is 119 cm³/mol. The van der Waals surface area contributed by atoms with Crippen LogP contribution in [0.1, 0.15) is 12.5 Å². The number of rotatable bonds is 7. The van der Waals surface area contributed by atoms with Gasteiger partial charge < -0.3 is 14.0 Å². The Morgan fingerprint density at radius 3 is 2.29 bits per heavy atom. The van der Waals surface area contributed by atoms with Crippen LogP contribution in [0.4, 0.5) is 0 Å². The predicted octanol–water partition coefficient (Wildman–Crippen LogP) is 4.41. The second-order valence-corrected chi connectivity index (χ2v) is 6.93. The van der Waals surface area contributed by atoms with E-state index in [9.17, 15) is 14.9 Å². The summed E-state index contributed by atoms with van der Waals surface area (Å²) in [5.74, 6) is -1.34. The summed E-state index contributed by atoms with van der Waals surface area (Å²) in [7, 11) is 1.95. The molecular weight excluding hydrogens is 392 g/mol. The molecule has 156 valence electrons. The molecule has 0 unspecified atom stereocenters. The Morgan fingerprint density at radius 2 is 1.65 bits per heavy atom. The molecule has 0 aliphatic rings. The fourth-order valence-electron chi connectivity index (χ4n) is 3.26. The third-order valence-electron chi connectivity index (χ3n) is 4.72. The number of hydrogen-bond donors (Lipinski definition) is 0. The maximum atomic E-state index is 12.5. The van der Waals surface area contributed by atoms with Crippen molar-refractivity contribution in [2.45, 2.75) is 6.92 Å². The van der Waals surface area contributed by atoms with E-state index in [2.05, 4.69) is 6.58 Å². The lowest BCUT2D eigenvalue weighted by molar-refractivity contribution is -0.147. The number of carbonyl (C=O) groups is 2. The highest BCUT2D eigenvalue weighted by atomic mass is 16.6. The molecular formula is C25H22N2O4. The van der Waals surface area contributed by atoms with Crippen LogP contribution >= 0.6 is 0 Å². The van der Waals surface area contributed by atoms with Gasteiger partial charge in [-0.3, -0.25) is 0 Å². The quantitative estimate of drug-likeness (QED) is 0.247. The number of para-hydroxylation sites is 1. The van der Waals surface area contributed by atoms with E-state index in [-0.39, 0.29) is 24.4 Å². The first-order valence-electron chi connectivity index (χ1n) is 9.68.